The maximum Gasteiger partial charge on any atom is 0.193 e. The molecule has 0 saturated heterocycles. The molecule has 4 heteroatoms. The highest BCUT2D eigenvalue weighted by Gasteiger charge is 2.52. The first-order chi connectivity index (χ1) is 27.2. The average Bonchev–Trinajstić information content (AvgIpc) is 3.87. The molecule has 2 heterocycles. The van der Waals surface area contributed by atoms with E-state index in [2.05, 4.69) is 157 Å². The molecule has 0 saturated carbocycles. The molecule has 0 fully saturated rings. The van der Waals surface area contributed by atoms with Gasteiger partial charge in [0.25, 0.3) is 0 Å². The zero-order valence-electron chi connectivity index (χ0n) is 30.0. The number of hydrogen-bond donors (Lipinski definition) is 0. The van der Waals surface area contributed by atoms with Gasteiger partial charge in [-0.05, 0) is 111 Å². The molecule has 0 unspecified atom stereocenters. The summed E-state index contributed by atoms with van der Waals surface area (Å²) in [6.45, 7) is 2.90. The number of benzene rings is 8. The third-order valence-corrected chi connectivity index (χ3v) is 11.9. The number of furan rings is 1. The van der Waals surface area contributed by atoms with Crippen LogP contribution >= 0.6 is 0 Å². The van der Waals surface area contributed by atoms with Gasteiger partial charge >= 0.3 is 0 Å². The number of hydrogen-bond acceptors (Lipinski definition) is 4. The number of nitrogens with zero attached hydrogens (tertiary/aromatic N) is 1. The fraction of sp³-hybridized carbons (Fsp3) is 0.0588. The van der Waals surface area contributed by atoms with Crippen LogP contribution in [0.3, 0.4) is 0 Å². The minimum Gasteiger partial charge on any atom is -0.456 e. The molecule has 1 aliphatic heterocycles. The minimum atomic E-state index is -0.462. The average molecular weight is 708 g/mol. The van der Waals surface area contributed by atoms with Crippen molar-refractivity contribution in [2.75, 3.05) is 11.4 Å². The van der Waals surface area contributed by atoms with E-state index in [1.807, 2.05) is 24.3 Å². The lowest BCUT2D eigenvalue weighted by atomic mass is 9.70. The zero-order chi connectivity index (χ0) is 36.3. The predicted molar refractivity (Wildman–Crippen MR) is 221 cm³/mol. The van der Waals surface area contributed by atoms with Crippen LogP contribution in [-0.2, 0) is 5.41 Å². The Hall–Kier alpha value is -7.04. The molecular formula is C51H33NO3. The Morgan fingerprint density at radius 3 is 1.85 bits per heavy atom. The Morgan fingerprint density at radius 1 is 0.473 bits per heavy atom. The van der Waals surface area contributed by atoms with E-state index in [0.29, 0.717) is 11.5 Å². The van der Waals surface area contributed by atoms with Gasteiger partial charge in [0, 0.05) is 23.0 Å². The van der Waals surface area contributed by atoms with Crippen molar-refractivity contribution in [1.82, 2.24) is 0 Å². The van der Waals surface area contributed by atoms with E-state index in [1.165, 1.54) is 44.5 Å². The highest BCUT2D eigenvalue weighted by atomic mass is 16.6. The molecule has 0 atom stereocenters. The second kappa shape index (κ2) is 11.2. The standard InChI is InChI=1S/C51H33NO3/c1-2-52(32-15-11-14-31(28-32)33-20-12-26-45-49(33)37-19-6-10-25-44(37)53-45)43-24-13-27-46-50(43)55-48-30-42-38(29-47(48)54-46)36-18-5-9-23-41(36)51(42)39-21-7-3-16-34(39)35-17-4-8-22-40(35)51/h3-30H,2H2,1H3. The second-order valence-corrected chi connectivity index (χ2v) is 14.6. The van der Waals surface area contributed by atoms with Crippen LogP contribution < -0.4 is 14.4 Å². The summed E-state index contributed by atoms with van der Waals surface area (Å²) in [7, 11) is 0. The van der Waals surface area contributed by atoms with Gasteiger partial charge in [-0.3, -0.25) is 0 Å². The molecule has 0 radical (unpaired) electrons. The molecule has 2 aliphatic carbocycles. The van der Waals surface area contributed by atoms with Crippen molar-refractivity contribution < 1.29 is 13.9 Å². The maximum atomic E-state index is 7.05. The van der Waals surface area contributed by atoms with Crippen LogP contribution in [-0.4, -0.2) is 6.54 Å². The SMILES string of the molecule is CCN(c1cccc(-c2cccc3oc4ccccc4c23)c1)c1cccc2c1Oc1cc3c(cc1O2)-c1ccccc1C31c2ccccc2-c2ccccc21. The highest BCUT2D eigenvalue weighted by Crippen LogP contribution is 2.65. The summed E-state index contributed by atoms with van der Waals surface area (Å²) < 4.78 is 20.1. The van der Waals surface area contributed by atoms with Crippen LogP contribution in [0.2, 0.25) is 0 Å². The topological polar surface area (TPSA) is 34.8 Å². The van der Waals surface area contributed by atoms with E-state index in [9.17, 15) is 0 Å². The van der Waals surface area contributed by atoms with E-state index in [4.69, 9.17) is 13.9 Å². The number of fused-ring (bicyclic) bond motifs is 15. The number of ether oxygens (including phenoxy) is 2. The molecule has 1 spiro atoms. The van der Waals surface area contributed by atoms with Gasteiger partial charge in [0.2, 0.25) is 0 Å². The van der Waals surface area contributed by atoms with Gasteiger partial charge in [0.05, 0.1) is 11.1 Å². The quantitative estimate of drug-likeness (QED) is 0.182. The molecule has 8 aromatic carbocycles. The van der Waals surface area contributed by atoms with Crippen LogP contribution in [0, 0.1) is 0 Å². The fourth-order valence-corrected chi connectivity index (χ4v) is 9.73. The summed E-state index contributed by atoms with van der Waals surface area (Å²) in [4.78, 5) is 2.30. The zero-order valence-corrected chi connectivity index (χ0v) is 30.0. The Labute approximate surface area is 318 Å². The molecule has 0 N–H and O–H groups in total. The van der Waals surface area contributed by atoms with Crippen LogP contribution in [0.5, 0.6) is 23.0 Å². The first-order valence-electron chi connectivity index (χ1n) is 19.0. The van der Waals surface area contributed by atoms with E-state index < -0.39 is 5.41 Å². The molecule has 1 aromatic heterocycles. The van der Waals surface area contributed by atoms with Crippen LogP contribution in [0.1, 0.15) is 29.2 Å². The largest absolute Gasteiger partial charge is 0.456 e. The lowest BCUT2D eigenvalue weighted by Gasteiger charge is -2.32. The second-order valence-electron chi connectivity index (χ2n) is 14.6. The molecule has 12 rings (SSSR count). The van der Waals surface area contributed by atoms with Crippen LogP contribution in [0.25, 0.3) is 55.3 Å². The molecule has 9 aromatic rings. The van der Waals surface area contributed by atoms with Gasteiger partial charge in [0.15, 0.2) is 23.0 Å². The highest BCUT2D eigenvalue weighted by molar-refractivity contribution is 6.12. The third kappa shape index (κ3) is 4.06. The van der Waals surface area contributed by atoms with Crippen molar-refractivity contribution in [3.63, 3.8) is 0 Å². The van der Waals surface area contributed by atoms with Crippen molar-refractivity contribution in [2.45, 2.75) is 12.3 Å². The third-order valence-electron chi connectivity index (χ3n) is 11.9. The summed E-state index contributed by atoms with van der Waals surface area (Å²) in [5.74, 6) is 2.85. The first kappa shape index (κ1) is 30.4. The van der Waals surface area contributed by atoms with Gasteiger partial charge in [0.1, 0.15) is 11.2 Å². The summed E-state index contributed by atoms with van der Waals surface area (Å²) in [6.07, 6.45) is 0. The van der Waals surface area contributed by atoms with Crippen molar-refractivity contribution in [2.24, 2.45) is 0 Å². The van der Waals surface area contributed by atoms with Crippen molar-refractivity contribution in [3.05, 3.63) is 192 Å². The van der Waals surface area contributed by atoms with Crippen molar-refractivity contribution in [1.29, 1.82) is 0 Å². The Bertz CT molecular complexity index is 3020. The summed E-state index contributed by atoms with van der Waals surface area (Å²) in [6, 6.07) is 60.5. The van der Waals surface area contributed by atoms with Gasteiger partial charge in [-0.15, -0.1) is 0 Å². The van der Waals surface area contributed by atoms with Gasteiger partial charge in [-0.2, -0.15) is 0 Å². The van der Waals surface area contributed by atoms with Crippen LogP contribution in [0.15, 0.2) is 174 Å². The van der Waals surface area contributed by atoms with Crippen molar-refractivity contribution in [3.8, 4) is 56.4 Å². The Morgan fingerprint density at radius 2 is 1.09 bits per heavy atom. The first-order valence-corrected chi connectivity index (χ1v) is 19.0. The number of rotatable bonds is 4. The smallest absolute Gasteiger partial charge is 0.193 e. The molecular weight excluding hydrogens is 675 g/mol. The molecule has 3 aliphatic rings. The molecule has 260 valence electrons. The monoisotopic (exact) mass is 707 g/mol. The molecule has 0 bridgehead atoms. The van der Waals surface area contributed by atoms with E-state index >= 15 is 0 Å². The van der Waals surface area contributed by atoms with E-state index in [1.54, 1.807) is 0 Å². The summed E-state index contributed by atoms with van der Waals surface area (Å²) >= 11 is 0. The maximum absolute atomic E-state index is 7.05. The lowest BCUT2D eigenvalue weighted by Crippen LogP contribution is -2.26. The molecule has 55 heavy (non-hydrogen) atoms. The van der Waals surface area contributed by atoms with E-state index in [0.717, 1.165) is 62.5 Å². The molecule has 4 nitrogen and oxygen atoms in total. The van der Waals surface area contributed by atoms with Gasteiger partial charge in [-0.1, -0.05) is 121 Å². The van der Waals surface area contributed by atoms with Gasteiger partial charge in [-0.25, -0.2) is 0 Å². The van der Waals surface area contributed by atoms with Gasteiger partial charge < -0.3 is 18.8 Å². The molecule has 0 amide bonds. The Kier molecular flexibility index (Phi) is 6.22. The summed E-state index contributed by atoms with van der Waals surface area (Å²) in [5, 5.41) is 2.25. The van der Waals surface area contributed by atoms with Crippen molar-refractivity contribution >= 4 is 33.3 Å². The number of anilines is 2. The Balaban J connectivity index is 0.989. The van der Waals surface area contributed by atoms with Crippen LogP contribution in [0.4, 0.5) is 11.4 Å². The number of para-hydroxylation sites is 2. The predicted octanol–water partition coefficient (Wildman–Crippen LogP) is 13.7. The normalized spacial score (nSPS) is 13.7. The summed E-state index contributed by atoms with van der Waals surface area (Å²) in [5.41, 5.74) is 15.7. The minimum absolute atomic E-state index is 0.462. The van der Waals surface area contributed by atoms with E-state index in [-0.39, 0.29) is 0 Å². The lowest BCUT2D eigenvalue weighted by molar-refractivity contribution is 0.360. The fourth-order valence-electron chi connectivity index (χ4n) is 9.73.